The number of rotatable bonds is 42. The zero-order valence-corrected chi connectivity index (χ0v) is 63.0. The normalized spacial score (nSPS) is 12.6. The van der Waals surface area contributed by atoms with Crippen molar-refractivity contribution in [2.24, 2.45) is 51.6 Å². The quantitative estimate of drug-likeness (QED) is 0.0262. The van der Waals surface area contributed by atoms with Gasteiger partial charge in [-0.3, -0.25) is 58.1 Å². The highest BCUT2D eigenvalue weighted by atomic mass is 16.2. The van der Waals surface area contributed by atoms with E-state index in [2.05, 4.69) is 30.9 Å². The monoisotopic (exact) mass is 1510 g/mol. The lowest BCUT2D eigenvalue weighted by Gasteiger charge is -2.24. The minimum Gasteiger partial charge on any atom is -0.345 e. The lowest BCUT2D eigenvalue weighted by Crippen LogP contribution is -2.51. The van der Waals surface area contributed by atoms with Crippen LogP contribution in [0, 0.1) is 0 Å². The Morgan fingerprint density at radius 3 is 1.07 bits per heavy atom. The Balaban J connectivity index is 0.000000231. The highest BCUT2D eigenvalue weighted by Gasteiger charge is 2.31. The van der Waals surface area contributed by atoms with Crippen LogP contribution in [0.25, 0.3) is 32.6 Å². The van der Waals surface area contributed by atoms with Crippen LogP contribution in [0.3, 0.4) is 0 Å². The van der Waals surface area contributed by atoms with E-state index < -0.39 is 54.0 Å². The smallest absolute Gasteiger partial charge is 0.238 e. The van der Waals surface area contributed by atoms with Gasteiger partial charge >= 0.3 is 0 Å². The number of aromatic nitrogens is 3. The van der Waals surface area contributed by atoms with Crippen LogP contribution in [-0.4, -0.2) is 197 Å². The summed E-state index contributed by atoms with van der Waals surface area (Å²) in [6.45, 7) is 3.71. The van der Waals surface area contributed by atoms with Gasteiger partial charge in [0.05, 0.1) is 79.4 Å². The van der Waals surface area contributed by atoms with E-state index in [4.69, 9.17) is 51.6 Å². The van der Waals surface area contributed by atoms with Gasteiger partial charge in [0.1, 0.15) is 0 Å². The van der Waals surface area contributed by atoms with E-state index in [-0.39, 0.29) is 113 Å². The first kappa shape index (κ1) is 87.2. The molecule has 21 N–H and O–H groups in total. The fourth-order valence-corrected chi connectivity index (χ4v) is 12.5. The number of nitrogens with one attached hydrogen (secondary N) is 3. The number of hydrogen-bond donors (Lipinski definition) is 12. The van der Waals surface area contributed by atoms with Gasteiger partial charge in [-0.1, -0.05) is 158 Å². The lowest BCUT2D eigenvalue weighted by atomic mass is 9.97. The average molecular weight is 1510 g/mol. The summed E-state index contributed by atoms with van der Waals surface area (Å²) >= 11 is 0. The molecular weight excluding hydrogens is 1410 g/mol. The molecule has 0 saturated carbocycles. The summed E-state index contributed by atoms with van der Waals surface area (Å²) in [4.78, 5) is 135. The largest absolute Gasteiger partial charge is 0.345 e. The van der Waals surface area contributed by atoms with Gasteiger partial charge in [0.2, 0.25) is 35.4 Å². The summed E-state index contributed by atoms with van der Waals surface area (Å²) in [5, 5.41) is 12.3. The maximum absolute atomic E-state index is 13.3. The number of carbonyl (C=O) groups excluding carboxylic acids is 9. The van der Waals surface area contributed by atoms with Gasteiger partial charge < -0.3 is 82.3 Å². The Labute approximate surface area is 648 Å². The molecule has 0 saturated heterocycles. The van der Waals surface area contributed by atoms with E-state index in [0.29, 0.717) is 89.2 Å². The molecule has 9 aromatic rings. The first-order valence-electron chi connectivity index (χ1n) is 37.7. The number of carbonyl (C=O) groups is 9. The second-order valence-electron chi connectivity index (χ2n) is 27.0. The van der Waals surface area contributed by atoms with Crippen molar-refractivity contribution in [3.05, 3.63) is 234 Å². The van der Waals surface area contributed by atoms with Crippen molar-refractivity contribution in [2.45, 2.75) is 113 Å². The minimum atomic E-state index is -1.10. The first-order chi connectivity index (χ1) is 53.7. The average Bonchev–Trinajstić information content (AvgIpc) is 0.843. The third kappa shape index (κ3) is 29.4. The lowest BCUT2D eigenvalue weighted by molar-refractivity contribution is -0.135. The Hall–Kier alpha value is -11.0. The molecule has 6 aromatic carbocycles. The maximum atomic E-state index is 13.3. The van der Waals surface area contributed by atoms with Crippen LogP contribution >= 0.6 is 0 Å². The van der Waals surface area contributed by atoms with Crippen LogP contribution in [0.2, 0.25) is 0 Å². The van der Waals surface area contributed by atoms with Crippen molar-refractivity contribution in [1.82, 2.24) is 45.6 Å². The molecule has 3 aromatic heterocycles. The van der Waals surface area contributed by atoms with Crippen LogP contribution < -0.4 is 67.6 Å². The van der Waals surface area contributed by atoms with Crippen molar-refractivity contribution < 1.29 is 43.2 Å². The Kier molecular flexibility index (Phi) is 37.1. The molecule has 6 amide bonds. The molecule has 27 nitrogen and oxygen atoms in total. The topological polar surface area (TPSA) is 472 Å². The van der Waals surface area contributed by atoms with Crippen molar-refractivity contribution in [3.63, 3.8) is 0 Å². The fourth-order valence-electron chi connectivity index (χ4n) is 12.5. The van der Waals surface area contributed by atoms with Gasteiger partial charge in [0, 0.05) is 125 Å². The van der Waals surface area contributed by atoms with Crippen LogP contribution in [0.4, 0.5) is 0 Å². The van der Waals surface area contributed by atoms with Gasteiger partial charge in [0.25, 0.3) is 0 Å². The predicted molar refractivity (Wildman–Crippen MR) is 433 cm³/mol. The summed E-state index contributed by atoms with van der Waals surface area (Å²) in [6.07, 6.45) is 6.08. The molecule has 0 spiro atoms. The summed E-state index contributed by atoms with van der Waals surface area (Å²) in [6, 6.07) is 54.3. The van der Waals surface area contributed by atoms with E-state index >= 15 is 0 Å². The molecule has 3 heterocycles. The number of Topliss-reactive ketones (excluding diaryl/α,β-unsaturated/α-hetero) is 3. The van der Waals surface area contributed by atoms with Crippen LogP contribution in [0.1, 0.15) is 72.2 Å². The second-order valence-corrected chi connectivity index (χ2v) is 27.0. The van der Waals surface area contributed by atoms with Gasteiger partial charge in [-0.25, -0.2) is 0 Å². The van der Waals surface area contributed by atoms with E-state index in [9.17, 15) is 43.2 Å². The third-order valence-corrected chi connectivity index (χ3v) is 18.5. The Morgan fingerprint density at radius 2 is 0.667 bits per heavy atom. The maximum Gasteiger partial charge on any atom is 0.238 e. The zero-order valence-electron chi connectivity index (χ0n) is 63.0. The van der Waals surface area contributed by atoms with Crippen molar-refractivity contribution in [1.29, 1.82) is 0 Å². The van der Waals surface area contributed by atoms with Crippen LogP contribution in [-0.2, 0) is 81.7 Å². The van der Waals surface area contributed by atoms with Gasteiger partial charge in [-0.05, 0) is 96.5 Å². The second kappa shape index (κ2) is 47.2. The standard InChI is InChI=1S/3C28H36N6O3/c29-14-16-34(17-15-30)27(36)19-23(31)28(37)33-25(13-10-20-6-2-1-3-7-20)26(35)18-22-12-11-21-8-4-5-9-24(21)32-22;29-12-14-34(15-13-30)27(36)18-23(31)28(37)33-25(11-10-20-6-2-1-3-7-20)26(35)17-21-16-22-8-4-5-9-24(22)32-19-21;29-12-14-34(15-13-30)27(36)18-24(31)28(37)33-25(11-10-20-6-2-1-3-7-20)26(35)17-23-16-21-8-4-5-9-22(21)19-32-23/h1-9,11-12,23,25H,10,13-19,29-31H2,(H,33,37);1-9,16,19,23,25H,10-15,17-18,29-31H2,(H,33,37);1-9,16,19,24-25H,10-15,17-18,29-31H2,(H,33,37)/t23-,25-;23-,25+;24-,25-/m000/s1. The molecule has 27 heteroatoms. The summed E-state index contributed by atoms with van der Waals surface area (Å²) in [7, 11) is 0. The number of ketones is 3. The first-order valence-corrected chi connectivity index (χ1v) is 37.7. The molecule has 0 bridgehead atoms. The summed E-state index contributed by atoms with van der Waals surface area (Å²) in [5.41, 5.74) is 58.5. The van der Waals surface area contributed by atoms with Gasteiger partial charge in [0.15, 0.2) is 17.3 Å². The van der Waals surface area contributed by atoms with Crippen LogP contribution in [0.5, 0.6) is 0 Å². The van der Waals surface area contributed by atoms with Crippen molar-refractivity contribution in [3.8, 4) is 0 Å². The molecule has 588 valence electrons. The molecule has 6 atom stereocenters. The Bertz CT molecular complexity index is 3990. The van der Waals surface area contributed by atoms with Gasteiger partial charge in [-0.2, -0.15) is 0 Å². The number of benzene rings is 6. The molecule has 111 heavy (non-hydrogen) atoms. The predicted octanol–water partition coefficient (Wildman–Crippen LogP) is 2.78. The molecule has 0 aliphatic carbocycles. The van der Waals surface area contributed by atoms with Crippen molar-refractivity contribution >= 4 is 85.4 Å². The van der Waals surface area contributed by atoms with E-state index in [1.54, 1.807) is 12.4 Å². The molecule has 0 aliphatic rings. The SMILES string of the molecule is NCCN(CCN)C(=O)C[C@H](N)C(=O)N[C@@H](CCc1ccccc1)C(=O)Cc1cc2ccccc2cn1.NCCN(CCN)C(=O)C[C@H](N)C(=O)N[C@@H](CCc1ccccc1)C(=O)Cc1ccc2ccccc2n1.NCCN(CCN)C(=O)C[C@H](N)C(=O)N[C@H](CCc1ccccc1)C(=O)Cc1cnc2ccccc2c1. The molecule has 9 rings (SSSR count). The Morgan fingerprint density at radius 1 is 0.324 bits per heavy atom. The van der Waals surface area contributed by atoms with Crippen molar-refractivity contribution in [2.75, 3.05) is 78.5 Å². The van der Waals surface area contributed by atoms with Gasteiger partial charge in [-0.15, -0.1) is 0 Å². The number of pyridine rings is 3. The number of nitrogens with zero attached hydrogens (tertiary/aromatic N) is 6. The number of hydrogen-bond acceptors (Lipinski definition) is 21. The summed E-state index contributed by atoms with van der Waals surface area (Å²) in [5.74, 6) is -3.02. The number of fused-ring (bicyclic) bond motifs is 3. The number of aryl methyl sites for hydroxylation is 3. The highest BCUT2D eigenvalue weighted by molar-refractivity contribution is 5.97. The molecule has 0 unspecified atom stereocenters. The molecule has 0 fully saturated rings. The zero-order chi connectivity index (χ0) is 79.9. The third-order valence-electron chi connectivity index (χ3n) is 18.5. The molecule has 0 radical (unpaired) electrons. The number of amides is 6. The molecular formula is C84H108N18O9. The van der Waals surface area contributed by atoms with Crippen LogP contribution in [0.15, 0.2) is 200 Å². The highest BCUT2D eigenvalue weighted by Crippen LogP contribution is 2.20. The minimum absolute atomic E-state index is 0.0690. The number of nitrogens with two attached hydrogens (primary N) is 9. The summed E-state index contributed by atoms with van der Waals surface area (Å²) < 4.78 is 0. The number of para-hydroxylation sites is 2. The van der Waals surface area contributed by atoms with E-state index in [0.717, 1.165) is 54.8 Å². The van der Waals surface area contributed by atoms with E-state index in [1.165, 1.54) is 14.7 Å². The van der Waals surface area contributed by atoms with E-state index in [1.807, 2.05) is 188 Å². The fraction of sp³-hybridized carbons (Fsp3) is 0.357. The molecule has 0 aliphatic heterocycles.